The highest BCUT2D eigenvalue weighted by molar-refractivity contribution is 7.89. The Kier molecular flexibility index (Phi) is 4.50. The Hall–Kier alpha value is -2.66. The van der Waals surface area contributed by atoms with Crippen molar-refractivity contribution >= 4 is 27.1 Å². The van der Waals surface area contributed by atoms with Crippen molar-refractivity contribution in [1.29, 1.82) is 0 Å². The number of nitro groups is 1. The molecule has 10 nitrogen and oxygen atoms in total. The minimum atomic E-state index is -3.72. The molecule has 11 heteroatoms. The zero-order valence-electron chi connectivity index (χ0n) is 15.6. The number of nitro benzene ring substituents is 1. The SMILES string of the molecule is Cc1noc(C)c1S(=O)(=O)N1CCN(c2c([N+](=O)[O-])ccc3c2CCN3)CC1. The van der Waals surface area contributed by atoms with Gasteiger partial charge in [-0.2, -0.15) is 4.31 Å². The molecule has 3 heterocycles. The van der Waals surface area contributed by atoms with Gasteiger partial charge in [-0.3, -0.25) is 10.1 Å². The van der Waals surface area contributed by atoms with Gasteiger partial charge in [-0.1, -0.05) is 5.16 Å². The van der Waals surface area contributed by atoms with Gasteiger partial charge in [-0.25, -0.2) is 8.42 Å². The summed E-state index contributed by atoms with van der Waals surface area (Å²) in [6.45, 7) is 5.14. The zero-order chi connectivity index (χ0) is 20.1. The lowest BCUT2D eigenvalue weighted by Crippen LogP contribution is -2.49. The van der Waals surface area contributed by atoms with Crippen molar-refractivity contribution in [3.05, 3.63) is 39.3 Å². The third kappa shape index (κ3) is 2.90. The van der Waals surface area contributed by atoms with Gasteiger partial charge in [-0.05, 0) is 26.3 Å². The molecule has 0 radical (unpaired) electrons. The van der Waals surface area contributed by atoms with Gasteiger partial charge >= 0.3 is 0 Å². The highest BCUT2D eigenvalue weighted by atomic mass is 32.2. The number of nitrogens with zero attached hydrogens (tertiary/aromatic N) is 4. The molecular formula is C17H21N5O5S. The summed E-state index contributed by atoms with van der Waals surface area (Å²) in [5.41, 5.74) is 2.83. The predicted molar refractivity (Wildman–Crippen MR) is 102 cm³/mol. The smallest absolute Gasteiger partial charge is 0.292 e. The van der Waals surface area contributed by atoms with Crippen molar-refractivity contribution in [1.82, 2.24) is 9.46 Å². The Morgan fingerprint density at radius 3 is 2.54 bits per heavy atom. The van der Waals surface area contributed by atoms with Crippen molar-refractivity contribution < 1.29 is 17.9 Å². The van der Waals surface area contributed by atoms with Crippen molar-refractivity contribution in [3.63, 3.8) is 0 Å². The van der Waals surface area contributed by atoms with Gasteiger partial charge in [0.15, 0.2) is 5.76 Å². The van der Waals surface area contributed by atoms with Crippen molar-refractivity contribution in [3.8, 4) is 0 Å². The fourth-order valence-corrected chi connectivity index (χ4v) is 5.70. The summed E-state index contributed by atoms with van der Waals surface area (Å²) in [6, 6.07) is 3.25. The Morgan fingerprint density at radius 2 is 1.93 bits per heavy atom. The quantitative estimate of drug-likeness (QED) is 0.600. The maximum Gasteiger partial charge on any atom is 0.292 e. The van der Waals surface area contributed by atoms with Crippen LogP contribution in [0.3, 0.4) is 0 Å². The van der Waals surface area contributed by atoms with Gasteiger partial charge in [0.25, 0.3) is 5.69 Å². The maximum absolute atomic E-state index is 13.0. The highest BCUT2D eigenvalue weighted by Gasteiger charge is 2.35. The van der Waals surface area contributed by atoms with Crippen LogP contribution >= 0.6 is 0 Å². The van der Waals surface area contributed by atoms with E-state index in [1.165, 1.54) is 10.4 Å². The average Bonchev–Trinajstić information content (AvgIpc) is 3.27. The molecule has 0 atom stereocenters. The number of aryl methyl sites for hydroxylation is 2. The van der Waals surface area contributed by atoms with Crippen molar-refractivity contribution in [2.24, 2.45) is 0 Å². The molecule has 1 aromatic carbocycles. The van der Waals surface area contributed by atoms with E-state index in [0.717, 1.165) is 17.8 Å². The third-order valence-electron chi connectivity index (χ3n) is 5.27. The van der Waals surface area contributed by atoms with E-state index in [1.54, 1.807) is 19.9 Å². The van der Waals surface area contributed by atoms with E-state index in [0.29, 0.717) is 30.9 Å². The summed E-state index contributed by atoms with van der Waals surface area (Å²) in [6.07, 6.45) is 0.712. The van der Waals surface area contributed by atoms with Gasteiger partial charge in [-0.15, -0.1) is 0 Å². The number of hydrogen-bond donors (Lipinski definition) is 1. The molecule has 0 spiro atoms. The molecule has 0 bridgehead atoms. The molecule has 2 aliphatic rings. The van der Waals surface area contributed by atoms with Crippen LogP contribution in [-0.2, 0) is 16.4 Å². The van der Waals surface area contributed by atoms with Crippen molar-refractivity contribution in [2.45, 2.75) is 25.2 Å². The molecule has 4 rings (SSSR count). The number of nitrogens with one attached hydrogen (secondary N) is 1. The zero-order valence-corrected chi connectivity index (χ0v) is 16.5. The molecule has 2 aromatic rings. The molecule has 0 aliphatic carbocycles. The molecular weight excluding hydrogens is 386 g/mol. The topological polar surface area (TPSA) is 122 Å². The molecule has 0 saturated carbocycles. The average molecular weight is 407 g/mol. The van der Waals surface area contributed by atoms with E-state index in [1.807, 2.05) is 4.90 Å². The lowest BCUT2D eigenvalue weighted by molar-refractivity contribution is -0.384. The van der Waals surface area contributed by atoms with Gasteiger partial charge < -0.3 is 14.7 Å². The van der Waals surface area contributed by atoms with Crippen LogP contribution in [0.2, 0.25) is 0 Å². The summed E-state index contributed by atoms with van der Waals surface area (Å²) in [7, 11) is -3.72. The molecule has 1 aromatic heterocycles. The molecule has 1 saturated heterocycles. The number of rotatable bonds is 4. The van der Waals surface area contributed by atoms with E-state index in [9.17, 15) is 18.5 Å². The summed E-state index contributed by atoms with van der Waals surface area (Å²) < 4.78 is 32.4. The first-order valence-electron chi connectivity index (χ1n) is 9.03. The third-order valence-corrected chi connectivity index (χ3v) is 7.41. The number of anilines is 2. The van der Waals surface area contributed by atoms with Gasteiger partial charge in [0.1, 0.15) is 16.3 Å². The first kappa shape index (κ1) is 18.7. The van der Waals surface area contributed by atoms with Crippen LogP contribution in [0.15, 0.2) is 21.6 Å². The molecule has 0 amide bonds. The maximum atomic E-state index is 13.0. The number of hydrogen-bond acceptors (Lipinski definition) is 8. The normalized spacial score (nSPS) is 17.4. The van der Waals surface area contributed by atoms with Crippen molar-refractivity contribution in [2.75, 3.05) is 42.9 Å². The molecule has 2 aliphatic heterocycles. The Morgan fingerprint density at radius 1 is 1.21 bits per heavy atom. The fourth-order valence-electron chi connectivity index (χ4n) is 3.99. The Bertz CT molecular complexity index is 1020. The predicted octanol–water partition coefficient (Wildman–Crippen LogP) is 1.68. The highest BCUT2D eigenvalue weighted by Crippen LogP contribution is 2.40. The van der Waals surface area contributed by atoms with Crippen LogP contribution < -0.4 is 10.2 Å². The lowest BCUT2D eigenvalue weighted by atomic mass is 10.1. The second-order valence-corrected chi connectivity index (χ2v) is 8.81. The van der Waals surface area contributed by atoms with Gasteiger partial charge in [0, 0.05) is 50.0 Å². The van der Waals surface area contributed by atoms with Crippen LogP contribution in [0.1, 0.15) is 17.0 Å². The lowest BCUT2D eigenvalue weighted by Gasteiger charge is -2.35. The van der Waals surface area contributed by atoms with Crippen LogP contribution in [0, 0.1) is 24.0 Å². The van der Waals surface area contributed by atoms with E-state index < -0.39 is 10.0 Å². The minimum absolute atomic E-state index is 0.0597. The fraction of sp³-hybridized carbons (Fsp3) is 0.471. The summed E-state index contributed by atoms with van der Waals surface area (Å²) in [5, 5.41) is 18.5. The first-order valence-corrected chi connectivity index (χ1v) is 10.5. The second-order valence-electron chi connectivity index (χ2n) is 6.94. The first-order chi connectivity index (χ1) is 13.3. The number of fused-ring (bicyclic) bond motifs is 1. The van der Waals surface area contributed by atoms with Gasteiger partial charge in [0.05, 0.1) is 4.92 Å². The summed E-state index contributed by atoms with van der Waals surface area (Å²) in [5.74, 6) is 0.266. The number of aromatic nitrogens is 1. The number of sulfonamides is 1. The van der Waals surface area contributed by atoms with Gasteiger partial charge in [0.2, 0.25) is 10.0 Å². The summed E-state index contributed by atoms with van der Waals surface area (Å²) >= 11 is 0. The van der Waals surface area contributed by atoms with Crippen LogP contribution in [0.5, 0.6) is 0 Å². The molecule has 150 valence electrons. The molecule has 0 unspecified atom stereocenters. The number of benzene rings is 1. The second kappa shape index (κ2) is 6.74. The van der Waals surface area contributed by atoms with E-state index in [4.69, 9.17) is 4.52 Å². The molecule has 1 fully saturated rings. The standard InChI is InChI=1S/C17H21N5O5S/c1-11-17(12(2)27-19-11)28(25,26)21-9-7-20(8-10-21)16-13-5-6-18-14(13)3-4-15(16)22(23)24/h3-4,18H,5-10H2,1-2H3. The van der Waals surface area contributed by atoms with E-state index in [-0.39, 0.29) is 34.4 Å². The van der Waals surface area contributed by atoms with Crippen LogP contribution in [0.4, 0.5) is 17.1 Å². The monoisotopic (exact) mass is 407 g/mol. The Balaban J connectivity index is 1.61. The van der Waals surface area contributed by atoms with E-state index >= 15 is 0 Å². The molecule has 28 heavy (non-hydrogen) atoms. The van der Waals surface area contributed by atoms with Crippen LogP contribution in [0.25, 0.3) is 0 Å². The number of piperazine rings is 1. The Labute approximate surface area is 162 Å². The van der Waals surface area contributed by atoms with Crippen LogP contribution in [-0.4, -0.2) is 55.5 Å². The molecule has 1 N–H and O–H groups in total. The summed E-state index contributed by atoms with van der Waals surface area (Å²) in [4.78, 5) is 13.2. The largest absolute Gasteiger partial charge is 0.384 e. The van der Waals surface area contributed by atoms with E-state index in [2.05, 4.69) is 10.5 Å². The minimum Gasteiger partial charge on any atom is -0.384 e.